The lowest BCUT2D eigenvalue weighted by atomic mass is 9.75. The summed E-state index contributed by atoms with van der Waals surface area (Å²) in [7, 11) is 0. The molecule has 1 saturated heterocycles. The predicted octanol–water partition coefficient (Wildman–Crippen LogP) is 4.00. The van der Waals surface area contributed by atoms with Crippen LogP contribution in [-0.4, -0.2) is 65.3 Å². The minimum absolute atomic E-state index is 0.0660. The van der Waals surface area contributed by atoms with Gasteiger partial charge in [0.25, 0.3) is 5.91 Å². The average Bonchev–Trinajstić information content (AvgIpc) is 2.89. The fourth-order valence-corrected chi connectivity index (χ4v) is 6.69. The Kier molecular flexibility index (Phi) is 5.45. The third kappa shape index (κ3) is 3.57. The molecule has 2 atom stereocenters. The van der Waals surface area contributed by atoms with Crippen LogP contribution in [0.1, 0.15) is 71.1 Å². The Hall–Kier alpha value is -2.66. The maximum absolute atomic E-state index is 14.1. The molecule has 5 heteroatoms. The van der Waals surface area contributed by atoms with E-state index in [9.17, 15) is 9.59 Å². The fraction of sp³-hybridized carbons (Fsp3) is 0.500. The largest absolute Gasteiger partial charge is 0.340 e. The van der Waals surface area contributed by atoms with E-state index >= 15 is 0 Å². The van der Waals surface area contributed by atoms with E-state index in [2.05, 4.69) is 28.0 Å². The number of rotatable bonds is 2. The Balaban J connectivity index is 1.31. The van der Waals surface area contributed by atoms with E-state index in [-0.39, 0.29) is 23.8 Å². The molecule has 172 valence electrons. The number of piperazine rings is 1. The van der Waals surface area contributed by atoms with E-state index < -0.39 is 0 Å². The van der Waals surface area contributed by atoms with E-state index in [1.165, 1.54) is 37.7 Å². The third-order valence-corrected chi connectivity index (χ3v) is 8.42. The summed E-state index contributed by atoms with van der Waals surface area (Å²) >= 11 is 0. The summed E-state index contributed by atoms with van der Waals surface area (Å²) < 4.78 is 0. The van der Waals surface area contributed by atoms with Gasteiger partial charge in [0.15, 0.2) is 0 Å². The van der Waals surface area contributed by atoms with Gasteiger partial charge in [-0.3, -0.25) is 14.5 Å². The van der Waals surface area contributed by atoms with E-state index in [4.69, 9.17) is 0 Å². The summed E-state index contributed by atoms with van der Waals surface area (Å²) in [4.78, 5) is 34.2. The molecular weight excluding hydrogens is 410 g/mol. The van der Waals surface area contributed by atoms with Gasteiger partial charge in [-0.15, -0.1) is 0 Å². The van der Waals surface area contributed by atoms with Crippen LogP contribution in [0.25, 0.3) is 0 Å². The van der Waals surface area contributed by atoms with Crippen LogP contribution in [0.15, 0.2) is 48.5 Å². The van der Waals surface area contributed by atoms with Gasteiger partial charge in [0, 0.05) is 44.3 Å². The van der Waals surface area contributed by atoms with Gasteiger partial charge >= 0.3 is 0 Å². The third-order valence-electron chi connectivity index (χ3n) is 8.42. The van der Waals surface area contributed by atoms with Gasteiger partial charge < -0.3 is 9.80 Å². The van der Waals surface area contributed by atoms with Gasteiger partial charge in [-0.05, 0) is 42.0 Å². The molecule has 4 aliphatic rings. The highest BCUT2D eigenvalue weighted by molar-refractivity contribution is 6.01. The van der Waals surface area contributed by atoms with Gasteiger partial charge in [0.1, 0.15) is 0 Å². The number of carbonyl (C=O) groups excluding carboxylic acids is 2. The van der Waals surface area contributed by atoms with Gasteiger partial charge in [0.05, 0.1) is 12.0 Å². The molecule has 1 aliphatic carbocycles. The Morgan fingerprint density at radius 3 is 2.27 bits per heavy atom. The van der Waals surface area contributed by atoms with E-state index in [0.29, 0.717) is 18.2 Å². The molecule has 33 heavy (non-hydrogen) atoms. The van der Waals surface area contributed by atoms with Crippen LogP contribution in [0, 0.1) is 0 Å². The lowest BCUT2D eigenvalue weighted by Crippen LogP contribution is -2.56. The van der Waals surface area contributed by atoms with Crippen molar-refractivity contribution in [2.24, 2.45) is 0 Å². The topological polar surface area (TPSA) is 43.9 Å². The van der Waals surface area contributed by atoms with E-state index in [0.717, 1.165) is 43.7 Å². The Morgan fingerprint density at radius 1 is 0.788 bits per heavy atom. The van der Waals surface area contributed by atoms with Crippen LogP contribution < -0.4 is 0 Å². The van der Waals surface area contributed by atoms with Crippen molar-refractivity contribution in [2.75, 3.05) is 32.7 Å². The average molecular weight is 444 g/mol. The first-order chi connectivity index (χ1) is 16.2. The zero-order valence-corrected chi connectivity index (χ0v) is 19.3. The summed E-state index contributed by atoms with van der Waals surface area (Å²) in [6.45, 7) is 4.18. The van der Waals surface area contributed by atoms with Crippen molar-refractivity contribution in [3.63, 3.8) is 0 Å². The molecular formula is C28H33N3O2. The monoisotopic (exact) mass is 443 g/mol. The lowest BCUT2D eigenvalue weighted by Gasteiger charge is -2.47. The number of carbonyl (C=O) groups is 2. The molecule has 2 aromatic rings. The first-order valence-electron chi connectivity index (χ1n) is 12.7. The van der Waals surface area contributed by atoms with Crippen molar-refractivity contribution in [2.45, 2.75) is 56.5 Å². The molecule has 3 heterocycles. The van der Waals surface area contributed by atoms with Crippen molar-refractivity contribution < 1.29 is 9.59 Å². The number of hydrogen-bond donors (Lipinski definition) is 0. The highest BCUT2D eigenvalue weighted by Gasteiger charge is 2.47. The van der Waals surface area contributed by atoms with Crippen molar-refractivity contribution >= 4 is 11.8 Å². The molecule has 0 bridgehead atoms. The molecule has 0 N–H and O–H groups in total. The molecule has 2 amide bonds. The zero-order chi connectivity index (χ0) is 22.4. The number of amides is 2. The molecule has 6 rings (SSSR count). The minimum Gasteiger partial charge on any atom is -0.340 e. The lowest BCUT2D eigenvalue weighted by molar-refractivity contribution is -0.137. The highest BCUT2D eigenvalue weighted by atomic mass is 16.2. The van der Waals surface area contributed by atoms with Crippen LogP contribution in [0.4, 0.5) is 0 Å². The number of benzene rings is 2. The van der Waals surface area contributed by atoms with Crippen LogP contribution in [0.3, 0.4) is 0 Å². The molecule has 1 saturated carbocycles. The summed E-state index contributed by atoms with van der Waals surface area (Å²) in [5.74, 6) is -0.0807. The highest BCUT2D eigenvalue weighted by Crippen LogP contribution is 2.46. The SMILES string of the molecule is O=C([C@H]1c2ccccc2C(=O)N2CCc3ccccc3[C@H]12)N1CCN(C2CCCCC2)CC1. The maximum atomic E-state index is 14.1. The molecule has 0 unspecified atom stereocenters. The normalized spacial score (nSPS) is 25.9. The molecule has 5 nitrogen and oxygen atoms in total. The van der Waals surface area contributed by atoms with E-state index in [1.54, 1.807) is 0 Å². The van der Waals surface area contributed by atoms with Crippen LogP contribution in [-0.2, 0) is 11.2 Å². The Morgan fingerprint density at radius 2 is 1.48 bits per heavy atom. The molecule has 0 radical (unpaired) electrons. The summed E-state index contributed by atoms with van der Waals surface area (Å²) in [6.07, 6.45) is 7.51. The standard InChI is InChI=1S/C28H33N3O2/c32-27-24-13-7-6-12-23(24)25(26-22-11-5-4-8-20(22)14-15-31(26)27)28(33)30-18-16-29(17-19-30)21-9-2-1-3-10-21/h4-8,11-13,21,25-26H,1-3,9-10,14-19H2/t25-,26+/m0/s1. The maximum Gasteiger partial charge on any atom is 0.254 e. The summed E-state index contributed by atoms with van der Waals surface area (Å²) in [5.41, 5.74) is 4.02. The smallest absolute Gasteiger partial charge is 0.254 e. The van der Waals surface area contributed by atoms with Crippen LogP contribution in [0.5, 0.6) is 0 Å². The second-order valence-electron chi connectivity index (χ2n) is 10.1. The van der Waals surface area contributed by atoms with Gasteiger partial charge in [-0.1, -0.05) is 61.7 Å². The fourth-order valence-electron chi connectivity index (χ4n) is 6.69. The van der Waals surface area contributed by atoms with Crippen molar-refractivity contribution in [3.8, 4) is 0 Å². The molecule has 0 aromatic heterocycles. The van der Waals surface area contributed by atoms with Crippen LogP contribution in [0.2, 0.25) is 0 Å². The first kappa shape index (κ1) is 20.9. The van der Waals surface area contributed by atoms with Crippen molar-refractivity contribution in [1.82, 2.24) is 14.7 Å². The second kappa shape index (κ2) is 8.60. The molecule has 2 aromatic carbocycles. The quantitative estimate of drug-likeness (QED) is 0.705. The van der Waals surface area contributed by atoms with Gasteiger partial charge in [-0.25, -0.2) is 0 Å². The van der Waals surface area contributed by atoms with Gasteiger partial charge in [-0.2, -0.15) is 0 Å². The predicted molar refractivity (Wildman–Crippen MR) is 128 cm³/mol. The van der Waals surface area contributed by atoms with E-state index in [1.807, 2.05) is 35.2 Å². The molecule has 0 spiro atoms. The van der Waals surface area contributed by atoms with Crippen LogP contribution >= 0.6 is 0 Å². The minimum atomic E-state index is -0.332. The summed E-state index contributed by atoms with van der Waals surface area (Å²) in [6, 6.07) is 16.7. The number of nitrogens with zero attached hydrogens (tertiary/aromatic N) is 3. The second-order valence-corrected chi connectivity index (χ2v) is 10.1. The van der Waals surface area contributed by atoms with Gasteiger partial charge in [0.2, 0.25) is 5.91 Å². The summed E-state index contributed by atoms with van der Waals surface area (Å²) in [5, 5.41) is 0. The van der Waals surface area contributed by atoms with Crippen molar-refractivity contribution in [3.05, 3.63) is 70.8 Å². The zero-order valence-electron chi connectivity index (χ0n) is 19.3. The first-order valence-corrected chi connectivity index (χ1v) is 12.7. The number of hydrogen-bond acceptors (Lipinski definition) is 3. The Labute approximate surface area is 196 Å². The molecule has 3 aliphatic heterocycles. The number of fused-ring (bicyclic) bond motifs is 4. The Bertz CT molecular complexity index is 1050. The molecule has 2 fully saturated rings. The van der Waals surface area contributed by atoms with Crippen molar-refractivity contribution in [1.29, 1.82) is 0 Å².